The third-order valence-corrected chi connectivity index (χ3v) is 8.68. The summed E-state index contributed by atoms with van der Waals surface area (Å²) in [6, 6.07) is 18.7. The standard InChI is InChI=1S/C27H39N3O4S/c1-4-17-28-26-20-23(27(31)34-3)15-18-30(26)19-16-24(22-11-7-5-8-12-22)21-29(2)35(32,33)25-13-9-6-10-14-25/h5-14,23-24,26,28H,4,15-21H2,1-3H3/t23-,24?,26+/m0/s1. The second-order valence-electron chi connectivity index (χ2n) is 9.25. The summed E-state index contributed by atoms with van der Waals surface area (Å²) in [5, 5.41) is 3.59. The number of rotatable bonds is 12. The van der Waals surface area contributed by atoms with Gasteiger partial charge in [0.25, 0.3) is 0 Å². The van der Waals surface area contributed by atoms with Crippen molar-refractivity contribution in [2.75, 3.05) is 40.3 Å². The molecule has 1 aliphatic rings. The normalized spacial score (nSPS) is 20.0. The summed E-state index contributed by atoms with van der Waals surface area (Å²) in [7, 11) is -0.461. The number of piperidine rings is 1. The Bertz CT molecular complexity index is 1020. The molecule has 0 spiro atoms. The molecular formula is C27H39N3O4S. The van der Waals surface area contributed by atoms with E-state index in [-0.39, 0.29) is 24.0 Å². The van der Waals surface area contributed by atoms with E-state index < -0.39 is 10.0 Å². The van der Waals surface area contributed by atoms with Crippen LogP contribution in [0.3, 0.4) is 0 Å². The topological polar surface area (TPSA) is 79.0 Å². The van der Waals surface area contributed by atoms with Gasteiger partial charge in [0.15, 0.2) is 0 Å². The molecule has 1 N–H and O–H groups in total. The fraction of sp³-hybridized carbons (Fsp3) is 0.519. The Balaban J connectivity index is 1.73. The second kappa shape index (κ2) is 13.2. The summed E-state index contributed by atoms with van der Waals surface area (Å²) in [5.74, 6) is -0.176. The van der Waals surface area contributed by atoms with Gasteiger partial charge in [0, 0.05) is 26.7 Å². The minimum atomic E-state index is -3.57. The van der Waals surface area contributed by atoms with Gasteiger partial charge in [-0.15, -0.1) is 0 Å². The lowest BCUT2D eigenvalue weighted by Crippen LogP contribution is -2.52. The number of sulfonamides is 1. The van der Waals surface area contributed by atoms with Gasteiger partial charge in [0.05, 0.1) is 24.1 Å². The first-order valence-corrected chi connectivity index (χ1v) is 13.9. The van der Waals surface area contributed by atoms with E-state index >= 15 is 0 Å². The number of methoxy groups -OCH3 is 1. The summed E-state index contributed by atoms with van der Waals surface area (Å²) in [4.78, 5) is 14.9. The number of likely N-dealkylation sites (tertiary alicyclic amines) is 1. The maximum atomic E-state index is 13.2. The van der Waals surface area contributed by atoms with Crippen LogP contribution in [0, 0.1) is 5.92 Å². The third kappa shape index (κ3) is 7.36. The first-order valence-electron chi connectivity index (χ1n) is 12.5. The van der Waals surface area contributed by atoms with Crippen LogP contribution in [0.15, 0.2) is 65.6 Å². The largest absolute Gasteiger partial charge is 0.469 e. The molecule has 2 aromatic rings. The predicted molar refractivity (Wildman–Crippen MR) is 138 cm³/mol. The van der Waals surface area contributed by atoms with E-state index in [0.717, 1.165) is 50.9 Å². The van der Waals surface area contributed by atoms with E-state index in [1.54, 1.807) is 31.3 Å². The molecule has 0 aromatic heterocycles. The lowest BCUT2D eigenvalue weighted by molar-refractivity contribution is -0.148. The molecule has 0 bridgehead atoms. The Morgan fingerprint density at radius 1 is 1.14 bits per heavy atom. The molecule has 3 rings (SSSR count). The smallest absolute Gasteiger partial charge is 0.308 e. The first-order chi connectivity index (χ1) is 16.9. The molecule has 1 unspecified atom stereocenters. The average molecular weight is 502 g/mol. The number of hydrogen-bond acceptors (Lipinski definition) is 6. The van der Waals surface area contributed by atoms with Gasteiger partial charge in [0.1, 0.15) is 0 Å². The highest BCUT2D eigenvalue weighted by Crippen LogP contribution is 2.27. The number of carbonyl (C=O) groups is 1. The molecule has 35 heavy (non-hydrogen) atoms. The van der Waals surface area contributed by atoms with Crippen molar-refractivity contribution in [1.29, 1.82) is 0 Å². The molecule has 0 amide bonds. The van der Waals surface area contributed by atoms with Crippen molar-refractivity contribution in [3.05, 3.63) is 66.2 Å². The Morgan fingerprint density at radius 3 is 2.43 bits per heavy atom. The molecule has 0 saturated carbocycles. The Morgan fingerprint density at radius 2 is 1.80 bits per heavy atom. The number of hydrogen-bond donors (Lipinski definition) is 1. The molecule has 0 aliphatic carbocycles. The van der Waals surface area contributed by atoms with Crippen molar-refractivity contribution in [3.63, 3.8) is 0 Å². The Labute approximate surface area is 210 Å². The minimum Gasteiger partial charge on any atom is -0.469 e. The molecule has 3 atom stereocenters. The zero-order valence-corrected chi connectivity index (χ0v) is 21.9. The van der Waals surface area contributed by atoms with Crippen molar-refractivity contribution in [3.8, 4) is 0 Å². The molecule has 2 aromatic carbocycles. The van der Waals surface area contributed by atoms with Crippen LogP contribution in [0.2, 0.25) is 0 Å². The van der Waals surface area contributed by atoms with Crippen LogP contribution in [0.1, 0.15) is 44.1 Å². The van der Waals surface area contributed by atoms with Crippen LogP contribution in [-0.4, -0.2) is 70.1 Å². The summed E-state index contributed by atoms with van der Waals surface area (Å²) in [6.45, 7) is 5.03. The summed E-state index contributed by atoms with van der Waals surface area (Å²) in [6.07, 6.45) is 3.43. The molecule has 7 nitrogen and oxygen atoms in total. The van der Waals surface area contributed by atoms with Crippen LogP contribution in [0.25, 0.3) is 0 Å². The van der Waals surface area contributed by atoms with E-state index in [2.05, 4.69) is 29.3 Å². The molecule has 8 heteroatoms. The van der Waals surface area contributed by atoms with Gasteiger partial charge in [-0.05, 0) is 55.8 Å². The maximum Gasteiger partial charge on any atom is 0.308 e. The Hall–Kier alpha value is -2.26. The first kappa shape index (κ1) is 27.3. The van der Waals surface area contributed by atoms with Crippen molar-refractivity contribution < 1.29 is 17.9 Å². The van der Waals surface area contributed by atoms with Gasteiger partial charge in [-0.25, -0.2) is 12.7 Å². The lowest BCUT2D eigenvalue weighted by atomic mass is 9.92. The van der Waals surface area contributed by atoms with E-state index in [1.165, 1.54) is 11.4 Å². The maximum absolute atomic E-state index is 13.2. The minimum absolute atomic E-state index is 0.0462. The van der Waals surface area contributed by atoms with E-state index in [4.69, 9.17) is 4.74 Å². The molecule has 1 saturated heterocycles. The summed E-state index contributed by atoms with van der Waals surface area (Å²) in [5.41, 5.74) is 1.13. The molecule has 192 valence electrons. The van der Waals surface area contributed by atoms with E-state index in [0.29, 0.717) is 11.4 Å². The number of ether oxygens (including phenoxy) is 1. The molecule has 1 heterocycles. The quantitative estimate of drug-likeness (QED) is 0.447. The second-order valence-corrected chi connectivity index (χ2v) is 11.3. The Kier molecular flexibility index (Phi) is 10.3. The van der Waals surface area contributed by atoms with Crippen LogP contribution < -0.4 is 5.32 Å². The van der Waals surface area contributed by atoms with Gasteiger partial charge in [-0.3, -0.25) is 9.69 Å². The van der Waals surface area contributed by atoms with Gasteiger partial charge in [-0.1, -0.05) is 55.5 Å². The molecule has 1 aliphatic heterocycles. The van der Waals surface area contributed by atoms with E-state index in [1.807, 2.05) is 24.3 Å². The van der Waals surface area contributed by atoms with Crippen LogP contribution in [0.4, 0.5) is 0 Å². The molecule has 1 fully saturated rings. The highest BCUT2D eigenvalue weighted by Gasteiger charge is 2.33. The number of carbonyl (C=O) groups excluding carboxylic acids is 1. The van der Waals surface area contributed by atoms with Crippen LogP contribution in [0.5, 0.6) is 0 Å². The summed E-state index contributed by atoms with van der Waals surface area (Å²) < 4.78 is 32.8. The number of nitrogens with one attached hydrogen (secondary N) is 1. The zero-order chi connectivity index (χ0) is 25.3. The van der Waals surface area contributed by atoms with Gasteiger partial charge >= 0.3 is 5.97 Å². The molecule has 0 radical (unpaired) electrons. The van der Waals surface area contributed by atoms with E-state index in [9.17, 15) is 13.2 Å². The SMILES string of the molecule is CCCN[C@H]1C[C@@H](C(=O)OC)CCN1CCC(CN(C)S(=O)(=O)c1ccccc1)c1ccccc1. The van der Waals surface area contributed by atoms with Crippen molar-refractivity contribution in [2.45, 2.75) is 49.6 Å². The van der Waals surface area contributed by atoms with Gasteiger partial charge in [-0.2, -0.15) is 0 Å². The summed E-state index contributed by atoms with van der Waals surface area (Å²) >= 11 is 0. The van der Waals surface area contributed by atoms with Gasteiger partial charge < -0.3 is 10.1 Å². The number of esters is 1. The van der Waals surface area contributed by atoms with Gasteiger partial charge in [0.2, 0.25) is 10.0 Å². The van der Waals surface area contributed by atoms with Crippen LogP contribution in [-0.2, 0) is 19.6 Å². The zero-order valence-electron chi connectivity index (χ0n) is 21.1. The van der Waals surface area contributed by atoms with Crippen molar-refractivity contribution in [2.24, 2.45) is 5.92 Å². The van der Waals surface area contributed by atoms with Crippen molar-refractivity contribution in [1.82, 2.24) is 14.5 Å². The fourth-order valence-electron chi connectivity index (χ4n) is 4.78. The highest BCUT2D eigenvalue weighted by atomic mass is 32.2. The number of likely N-dealkylation sites (N-methyl/N-ethyl adjacent to an activating group) is 1. The number of nitrogens with zero attached hydrogens (tertiary/aromatic N) is 2. The highest BCUT2D eigenvalue weighted by molar-refractivity contribution is 7.89. The lowest BCUT2D eigenvalue weighted by Gasteiger charge is -2.40. The van der Waals surface area contributed by atoms with Crippen LogP contribution >= 0.6 is 0 Å². The molecular weight excluding hydrogens is 462 g/mol. The average Bonchev–Trinajstić information content (AvgIpc) is 2.90. The predicted octanol–water partition coefficient (Wildman–Crippen LogP) is 3.69. The monoisotopic (exact) mass is 501 g/mol. The third-order valence-electron chi connectivity index (χ3n) is 6.84. The van der Waals surface area contributed by atoms with Crippen molar-refractivity contribution >= 4 is 16.0 Å². The number of benzene rings is 2. The fourth-order valence-corrected chi connectivity index (χ4v) is 6.01.